The summed E-state index contributed by atoms with van der Waals surface area (Å²) in [6.07, 6.45) is 1.33. The fourth-order valence-electron chi connectivity index (χ4n) is 2.14. The van der Waals surface area contributed by atoms with Crippen LogP contribution in [0.15, 0.2) is 54.7 Å². The first kappa shape index (κ1) is 17.8. The quantitative estimate of drug-likeness (QED) is 0.618. The van der Waals surface area contributed by atoms with Gasteiger partial charge in [0.2, 0.25) is 0 Å². The molecule has 4 nitrogen and oxygen atoms in total. The standard InChI is InChI=1S/C18H11ClF3N3O/c19-12-3-1-2-4-14(12)25-15-8-5-10(9-23-15)24-18(26)11-6-7-13(20)17(22)16(11)21/h1-9H,(H,23,25)(H,24,26). The summed E-state index contributed by atoms with van der Waals surface area (Å²) in [5.74, 6) is -5.07. The van der Waals surface area contributed by atoms with Crippen LogP contribution in [0.2, 0.25) is 5.02 Å². The van der Waals surface area contributed by atoms with Crippen molar-refractivity contribution < 1.29 is 18.0 Å². The molecule has 8 heteroatoms. The Morgan fingerprint density at radius 3 is 2.42 bits per heavy atom. The molecule has 0 atom stereocenters. The monoisotopic (exact) mass is 377 g/mol. The number of hydrogen-bond donors (Lipinski definition) is 2. The van der Waals surface area contributed by atoms with E-state index in [-0.39, 0.29) is 5.69 Å². The molecule has 0 saturated carbocycles. The number of halogens is 4. The first-order valence-electron chi connectivity index (χ1n) is 7.38. The number of nitrogens with zero attached hydrogens (tertiary/aromatic N) is 1. The fraction of sp³-hybridized carbons (Fsp3) is 0. The molecule has 2 N–H and O–H groups in total. The van der Waals surface area contributed by atoms with Crippen molar-refractivity contribution >= 4 is 34.7 Å². The Morgan fingerprint density at radius 1 is 0.962 bits per heavy atom. The largest absolute Gasteiger partial charge is 0.339 e. The number of aromatic nitrogens is 1. The van der Waals surface area contributed by atoms with Gasteiger partial charge in [-0.05, 0) is 36.4 Å². The van der Waals surface area contributed by atoms with Crippen LogP contribution in [0.3, 0.4) is 0 Å². The van der Waals surface area contributed by atoms with E-state index < -0.39 is 28.9 Å². The van der Waals surface area contributed by atoms with Crippen LogP contribution >= 0.6 is 11.6 Å². The second-order valence-corrected chi connectivity index (χ2v) is 5.62. The molecule has 1 amide bonds. The highest BCUT2D eigenvalue weighted by atomic mass is 35.5. The van der Waals surface area contributed by atoms with Gasteiger partial charge >= 0.3 is 0 Å². The average molecular weight is 378 g/mol. The number of carbonyl (C=O) groups excluding carboxylic acids is 1. The van der Waals surface area contributed by atoms with Crippen molar-refractivity contribution in [3.05, 3.63) is 82.8 Å². The van der Waals surface area contributed by atoms with Crippen molar-refractivity contribution in [2.75, 3.05) is 10.6 Å². The van der Waals surface area contributed by atoms with Crippen LogP contribution in [0.1, 0.15) is 10.4 Å². The van der Waals surface area contributed by atoms with Gasteiger partial charge in [0.15, 0.2) is 17.5 Å². The number of rotatable bonds is 4. The molecule has 2 aromatic carbocycles. The molecule has 0 aliphatic carbocycles. The smallest absolute Gasteiger partial charge is 0.258 e. The average Bonchev–Trinajstić information content (AvgIpc) is 2.63. The number of amides is 1. The van der Waals surface area contributed by atoms with Crippen LogP contribution in [0.4, 0.5) is 30.4 Å². The highest BCUT2D eigenvalue weighted by Gasteiger charge is 2.18. The summed E-state index contributed by atoms with van der Waals surface area (Å²) in [7, 11) is 0. The molecule has 0 aliphatic heterocycles. The van der Waals surface area contributed by atoms with Gasteiger partial charge in [0.1, 0.15) is 5.82 Å². The third-order valence-corrected chi connectivity index (χ3v) is 3.77. The summed E-state index contributed by atoms with van der Waals surface area (Å²) in [6.45, 7) is 0. The molecule has 0 unspecified atom stereocenters. The molecule has 0 spiro atoms. The van der Waals surface area contributed by atoms with Crippen molar-refractivity contribution in [3.8, 4) is 0 Å². The Hall–Kier alpha value is -3.06. The summed E-state index contributed by atoms with van der Waals surface area (Å²) in [5, 5.41) is 5.88. The molecular weight excluding hydrogens is 367 g/mol. The zero-order chi connectivity index (χ0) is 18.7. The zero-order valence-electron chi connectivity index (χ0n) is 13.1. The van der Waals surface area contributed by atoms with Gasteiger partial charge in [-0.2, -0.15) is 0 Å². The first-order valence-corrected chi connectivity index (χ1v) is 7.76. The summed E-state index contributed by atoms with van der Waals surface area (Å²) in [4.78, 5) is 16.1. The van der Waals surface area contributed by atoms with Gasteiger partial charge in [-0.1, -0.05) is 23.7 Å². The van der Waals surface area contributed by atoms with Gasteiger partial charge in [0, 0.05) is 0 Å². The van der Waals surface area contributed by atoms with Crippen molar-refractivity contribution in [2.45, 2.75) is 0 Å². The summed E-state index contributed by atoms with van der Waals surface area (Å²) < 4.78 is 39.8. The molecule has 1 aromatic heterocycles. The van der Waals surface area contributed by atoms with E-state index in [1.807, 2.05) is 0 Å². The molecule has 132 valence electrons. The van der Waals surface area contributed by atoms with Gasteiger partial charge in [-0.25, -0.2) is 18.2 Å². The highest BCUT2D eigenvalue weighted by Crippen LogP contribution is 2.24. The van der Waals surface area contributed by atoms with Gasteiger partial charge < -0.3 is 10.6 Å². The van der Waals surface area contributed by atoms with E-state index in [4.69, 9.17) is 11.6 Å². The lowest BCUT2D eigenvalue weighted by Crippen LogP contribution is -2.15. The third-order valence-electron chi connectivity index (χ3n) is 3.44. The maximum absolute atomic E-state index is 13.6. The second kappa shape index (κ2) is 7.45. The molecule has 0 saturated heterocycles. The molecule has 3 rings (SSSR count). The SMILES string of the molecule is O=C(Nc1ccc(Nc2ccccc2Cl)nc1)c1ccc(F)c(F)c1F. The third kappa shape index (κ3) is 3.78. The number of anilines is 3. The Balaban J connectivity index is 1.72. The minimum atomic E-state index is -1.70. The van der Waals surface area contributed by atoms with Crippen molar-refractivity contribution in [2.24, 2.45) is 0 Å². The van der Waals surface area contributed by atoms with Gasteiger partial charge in [0.05, 0.1) is 28.2 Å². The van der Waals surface area contributed by atoms with Crippen LogP contribution in [0, 0.1) is 17.5 Å². The molecule has 1 heterocycles. The van der Waals surface area contributed by atoms with E-state index >= 15 is 0 Å². The molecule has 0 aliphatic rings. The van der Waals surface area contributed by atoms with Gasteiger partial charge in [-0.3, -0.25) is 4.79 Å². The maximum atomic E-state index is 13.6. The van der Waals surface area contributed by atoms with Gasteiger partial charge in [0.25, 0.3) is 5.91 Å². The first-order chi connectivity index (χ1) is 12.5. The minimum absolute atomic E-state index is 0.254. The molecule has 0 fully saturated rings. The molecular formula is C18H11ClF3N3O. The number of pyridine rings is 1. The lowest BCUT2D eigenvalue weighted by molar-refractivity contribution is 0.102. The Kier molecular flexibility index (Phi) is 5.09. The van der Waals surface area contributed by atoms with E-state index in [1.165, 1.54) is 12.3 Å². The fourth-order valence-corrected chi connectivity index (χ4v) is 2.32. The topological polar surface area (TPSA) is 54.0 Å². The van der Waals surface area contributed by atoms with Crippen LogP contribution in [0.5, 0.6) is 0 Å². The summed E-state index contributed by atoms with van der Waals surface area (Å²) in [6, 6.07) is 11.7. The Labute approximate surface area is 151 Å². The van der Waals surface area contributed by atoms with Crippen molar-refractivity contribution in [1.29, 1.82) is 0 Å². The number of hydrogen-bond acceptors (Lipinski definition) is 3. The van der Waals surface area contributed by atoms with Crippen LogP contribution in [0.25, 0.3) is 0 Å². The van der Waals surface area contributed by atoms with E-state index in [0.29, 0.717) is 22.6 Å². The normalized spacial score (nSPS) is 10.5. The van der Waals surface area contributed by atoms with Crippen LogP contribution < -0.4 is 10.6 Å². The van der Waals surface area contributed by atoms with Gasteiger partial charge in [-0.15, -0.1) is 0 Å². The zero-order valence-corrected chi connectivity index (χ0v) is 13.8. The minimum Gasteiger partial charge on any atom is -0.339 e. The van der Waals surface area contributed by atoms with E-state index in [2.05, 4.69) is 15.6 Å². The van der Waals surface area contributed by atoms with E-state index in [1.54, 1.807) is 30.3 Å². The molecule has 3 aromatic rings. The number of nitrogens with one attached hydrogen (secondary N) is 2. The molecule has 0 radical (unpaired) electrons. The summed E-state index contributed by atoms with van der Waals surface area (Å²) in [5.41, 5.74) is 0.299. The van der Waals surface area contributed by atoms with Crippen molar-refractivity contribution in [3.63, 3.8) is 0 Å². The van der Waals surface area contributed by atoms with E-state index in [9.17, 15) is 18.0 Å². The Bertz CT molecular complexity index is 964. The number of para-hydroxylation sites is 1. The highest BCUT2D eigenvalue weighted by molar-refractivity contribution is 6.33. The van der Waals surface area contributed by atoms with Crippen LogP contribution in [-0.2, 0) is 0 Å². The maximum Gasteiger partial charge on any atom is 0.258 e. The predicted octanol–water partition coefficient (Wildman–Crippen LogP) is 5.15. The lowest BCUT2D eigenvalue weighted by Gasteiger charge is -2.09. The van der Waals surface area contributed by atoms with Crippen molar-refractivity contribution in [1.82, 2.24) is 4.98 Å². The predicted molar refractivity (Wildman–Crippen MR) is 93.2 cm³/mol. The number of carbonyl (C=O) groups is 1. The summed E-state index contributed by atoms with van der Waals surface area (Å²) >= 11 is 6.04. The Morgan fingerprint density at radius 2 is 1.73 bits per heavy atom. The van der Waals surface area contributed by atoms with Crippen LogP contribution in [-0.4, -0.2) is 10.9 Å². The number of benzene rings is 2. The molecule has 0 bridgehead atoms. The second-order valence-electron chi connectivity index (χ2n) is 5.21. The van der Waals surface area contributed by atoms with E-state index in [0.717, 1.165) is 6.07 Å². The lowest BCUT2D eigenvalue weighted by atomic mass is 10.2. The molecule has 26 heavy (non-hydrogen) atoms.